The molecule has 0 aliphatic carbocycles. The molecule has 1 amide bonds. The number of aromatic nitrogens is 1. The van der Waals surface area contributed by atoms with Gasteiger partial charge in [-0.15, -0.1) is 12.4 Å². The van der Waals surface area contributed by atoms with Crippen LogP contribution in [-0.4, -0.2) is 42.0 Å². The number of fused-ring (bicyclic) bond motifs is 1. The Morgan fingerprint density at radius 2 is 1.74 bits per heavy atom. The maximum Gasteiger partial charge on any atom is 0.233 e. The van der Waals surface area contributed by atoms with E-state index < -0.39 is 0 Å². The van der Waals surface area contributed by atoms with E-state index in [9.17, 15) is 4.79 Å². The predicted octanol–water partition coefficient (Wildman–Crippen LogP) is 6.21. The first-order valence-corrected chi connectivity index (χ1v) is 11.7. The van der Waals surface area contributed by atoms with Crippen molar-refractivity contribution in [3.8, 4) is 0 Å². The molecule has 0 fully saturated rings. The predicted molar refractivity (Wildman–Crippen MR) is 136 cm³/mol. The normalized spacial score (nSPS) is 11.1. The fraction of sp³-hybridized carbons (Fsp3) is 0.417. The van der Waals surface area contributed by atoms with E-state index >= 15 is 0 Å². The Balaban J connectivity index is 0.00000341. The lowest BCUT2D eigenvalue weighted by molar-refractivity contribution is -0.118. The first-order chi connectivity index (χ1) is 14.3. The number of rotatable bonds is 8. The third kappa shape index (κ3) is 5.98. The number of amides is 1. The van der Waals surface area contributed by atoms with Gasteiger partial charge in [0, 0.05) is 13.1 Å². The number of halogens is 2. The summed E-state index contributed by atoms with van der Waals surface area (Å²) in [5, 5.41) is 1.41. The quantitative estimate of drug-likeness (QED) is 0.384. The molecule has 0 atom stereocenters. The number of aryl methyl sites for hydroxylation is 3. The summed E-state index contributed by atoms with van der Waals surface area (Å²) in [7, 11) is 0. The zero-order valence-corrected chi connectivity index (χ0v) is 21.3. The van der Waals surface area contributed by atoms with Gasteiger partial charge in [0.05, 0.1) is 21.7 Å². The fourth-order valence-corrected chi connectivity index (χ4v) is 4.98. The van der Waals surface area contributed by atoms with Crippen LogP contribution < -0.4 is 4.90 Å². The Kier molecular flexibility index (Phi) is 9.31. The molecule has 0 spiro atoms. The summed E-state index contributed by atoms with van der Waals surface area (Å²) in [6.45, 7) is 13.8. The van der Waals surface area contributed by atoms with Crippen LogP contribution in [0.25, 0.3) is 10.2 Å². The monoisotopic (exact) mass is 479 g/mol. The molecule has 3 rings (SSSR count). The number of hydrogen-bond acceptors (Lipinski definition) is 4. The summed E-state index contributed by atoms with van der Waals surface area (Å²) in [6, 6.07) is 10.1. The van der Waals surface area contributed by atoms with Crippen LogP contribution in [0.4, 0.5) is 5.13 Å². The van der Waals surface area contributed by atoms with Crippen LogP contribution in [0.2, 0.25) is 5.02 Å². The summed E-state index contributed by atoms with van der Waals surface area (Å²) in [4.78, 5) is 22.4. The van der Waals surface area contributed by atoms with E-state index in [4.69, 9.17) is 16.6 Å². The molecule has 0 radical (unpaired) electrons. The molecule has 168 valence electrons. The Bertz CT molecular complexity index is 1010. The Morgan fingerprint density at radius 1 is 1.03 bits per heavy atom. The third-order valence-electron chi connectivity index (χ3n) is 5.59. The average molecular weight is 481 g/mol. The first kappa shape index (κ1) is 25.6. The van der Waals surface area contributed by atoms with Crippen LogP contribution in [-0.2, 0) is 11.2 Å². The van der Waals surface area contributed by atoms with E-state index in [1.165, 1.54) is 16.9 Å². The minimum Gasteiger partial charge on any atom is -0.302 e. The Hall–Kier alpha value is -1.66. The number of carbonyl (C=O) groups is 1. The molecule has 31 heavy (non-hydrogen) atoms. The molecule has 0 unspecified atom stereocenters. The fourth-order valence-electron chi connectivity index (χ4n) is 3.62. The van der Waals surface area contributed by atoms with Crippen molar-refractivity contribution in [3.63, 3.8) is 0 Å². The molecule has 2 aromatic carbocycles. The zero-order valence-electron chi connectivity index (χ0n) is 18.9. The minimum absolute atomic E-state index is 0. The standard InChI is InChI=1S/C24H30ClN3OS.ClH/c1-6-27(7-2)12-13-28(21(29)15-19-10-8-16(3)14-18(19)5)24-26-22-17(4)9-11-20(25)23(22)30-24;/h8-11,14H,6-7,12-13,15H2,1-5H3;1H. The van der Waals surface area contributed by atoms with Gasteiger partial charge in [0.25, 0.3) is 0 Å². The van der Waals surface area contributed by atoms with E-state index in [0.717, 1.165) is 51.7 Å². The third-order valence-corrected chi connectivity index (χ3v) is 7.13. The largest absolute Gasteiger partial charge is 0.302 e. The van der Waals surface area contributed by atoms with Crippen LogP contribution in [0.15, 0.2) is 30.3 Å². The van der Waals surface area contributed by atoms with Gasteiger partial charge in [-0.1, -0.05) is 66.6 Å². The topological polar surface area (TPSA) is 36.4 Å². The molecule has 1 heterocycles. The highest BCUT2D eigenvalue weighted by molar-refractivity contribution is 7.23. The molecule has 4 nitrogen and oxygen atoms in total. The molecule has 3 aromatic rings. The van der Waals surface area contributed by atoms with Crippen LogP contribution in [0.1, 0.15) is 36.1 Å². The summed E-state index contributed by atoms with van der Waals surface area (Å²) in [5.74, 6) is 0.0712. The van der Waals surface area contributed by atoms with Crippen molar-refractivity contribution >= 4 is 56.6 Å². The lowest BCUT2D eigenvalue weighted by Gasteiger charge is -2.25. The molecule has 0 saturated carbocycles. The highest BCUT2D eigenvalue weighted by atomic mass is 35.5. The summed E-state index contributed by atoms with van der Waals surface area (Å²) in [5.41, 5.74) is 5.37. The van der Waals surface area contributed by atoms with Gasteiger partial charge in [0.15, 0.2) is 5.13 Å². The van der Waals surface area contributed by atoms with Crippen molar-refractivity contribution in [1.82, 2.24) is 9.88 Å². The van der Waals surface area contributed by atoms with Gasteiger partial charge in [-0.25, -0.2) is 4.98 Å². The Labute approximate surface area is 200 Å². The maximum absolute atomic E-state index is 13.4. The smallest absolute Gasteiger partial charge is 0.233 e. The van der Waals surface area contributed by atoms with Gasteiger partial charge in [-0.2, -0.15) is 0 Å². The summed E-state index contributed by atoms with van der Waals surface area (Å²) in [6.07, 6.45) is 0.368. The van der Waals surface area contributed by atoms with Crippen molar-refractivity contribution in [2.75, 3.05) is 31.1 Å². The van der Waals surface area contributed by atoms with E-state index in [0.29, 0.717) is 18.0 Å². The van der Waals surface area contributed by atoms with Gasteiger partial charge in [0.2, 0.25) is 5.91 Å². The van der Waals surface area contributed by atoms with Crippen molar-refractivity contribution in [2.45, 2.75) is 41.0 Å². The van der Waals surface area contributed by atoms with Crippen LogP contribution >= 0.6 is 35.3 Å². The molecule has 0 aliphatic heterocycles. The number of thiazole rings is 1. The number of nitrogens with zero attached hydrogens (tertiary/aromatic N) is 3. The van der Waals surface area contributed by atoms with Crippen molar-refractivity contribution in [2.24, 2.45) is 0 Å². The average Bonchev–Trinajstić information content (AvgIpc) is 3.16. The van der Waals surface area contributed by atoms with Gasteiger partial charge >= 0.3 is 0 Å². The van der Waals surface area contributed by atoms with Gasteiger partial charge in [-0.3, -0.25) is 9.69 Å². The number of likely N-dealkylation sites (N-methyl/N-ethyl adjacent to an activating group) is 1. The molecular weight excluding hydrogens is 449 g/mol. The highest BCUT2D eigenvalue weighted by Gasteiger charge is 2.22. The van der Waals surface area contributed by atoms with E-state index in [-0.39, 0.29) is 18.3 Å². The lowest BCUT2D eigenvalue weighted by Crippen LogP contribution is -2.39. The number of benzene rings is 2. The molecule has 0 saturated heterocycles. The summed E-state index contributed by atoms with van der Waals surface area (Å²) < 4.78 is 0.943. The van der Waals surface area contributed by atoms with Crippen molar-refractivity contribution in [3.05, 3.63) is 57.6 Å². The lowest BCUT2D eigenvalue weighted by atomic mass is 10.0. The van der Waals surface area contributed by atoms with Crippen LogP contribution in [0.5, 0.6) is 0 Å². The second-order valence-corrected chi connectivity index (χ2v) is 9.10. The van der Waals surface area contributed by atoms with E-state index in [1.54, 1.807) is 0 Å². The van der Waals surface area contributed by atoms with Crippen LogP contribution in [0, 0.1) is 20.8 Å². The Morgan fingerprint density at radius 3 is 2.35 bits per heavy atom. The second kappa shape index (κ2) is 11.3. The minimum atomic E-state index is 0. The van der Waals surface area contributed by atoms with Crippen molar-refractivity contribution < 1.29 is 4.79 Å². The molecular formula is C24H31Cl2N3OS. The number of carbonyl (C=O) groups excluding carboxylic acids is 1. The molecule has 0 bridgehead atoms. The second-order valence-electron chi connectivity index (χ2n) is 7.72. The van der Waals surface area contributed by atoms with E-state index in [1.807, 2.05) is 24.0 Å². The molecule has 0 aliphatic rings. The highest BCUT2D eigenvalue weighted by Crippen LogP contribution is 2.35. The molecule has 1 aromatic heterocycles. The molecule has 0 N–H and O–H groups in total. The number of anilines is 1. The summed E-state index contributed by atoms with van der Waals surface area (Å²) >= 11 is 7.93. The first-order valence-electron chi connectivity index (χ1n) is 10.5. The molecule has 7 heteroatoms. The zero-order chi connectivity index (χ0) is 21.8. The van der Waals surface area contributed by atoms with Gasteiger partial charge in [0.1, 0.15) is 0 Å². The van der Waals surface area contributed by atoms with Gasteiger partial charge < -0.3 is 4.90 Å². The van der Waals surface area contributed by atoms with Gasteiger partial charge in [-0.05, 0) is 56.6 Å². The van der Waals surface area contributed by atoms with E-state index in [2.05, 4.69) is 50.8 Å². The number of hydrogen-bond donors (Lipinski definition) is 0. The SMILES string of the molecule is CCN(CC)CCN(C(=O)Cc1ccc(C)cc1C)c1nc2c(C)ccc(Cl)c2s1.Cl. The van der Waals surface area contributed by atoms with Crippen molar-refractivity contribution in [1.29, 1.82) is 0 Å². The van der Waals surface area contributed by atoms with Crippen LogP contribution in [0.3, 0.4) is 0 Å². The maximum atomic E-state index is 13.4.